The highest BCUT2D eigenvalue weighted by molar-refractivity contribution is 8.13. The third kappa shape index (κ3) is 4.35. The van der Waals surface area contributed by atoms with Crippen molar-refractivity contribution in [2.75, 3.05) is 18.4 Å². The first-order valence-electron chi connectivity index (χ1n) is 7.01. The summed E-state index contributed by atoms with van der Waals surface area (Å²) in [5.41, 5.74) is 0.558. The van der Waals surface area contributed by atoms with Gasteiger partial charge < -0.3 is 10.2 Å². The summed E-state index contributed by atoms with van der Waals surface area (Å²) in [6.45, 7) is 3.67. The molecule has 1 aliphatic rings. The van der Waals surface area contributed by atoms with Crippen LogP contribution in [0.3, 0.4) is 0 Å². The molecule has 0 saturated carbocycles. The van der Waals surface area contributed by atoms with E-state index in [1.165, 1.54) is 30.7 Å². The molecule has 5 nitrogen and oxygen atoms in total. The molecule has 2 rings (SSSR count). The van der Waals surface area contributed by atoms with Crippen molar-refractivity contribution >= 4 is 31.5 Å². The van der Waals surface area contributed by atoms with E-state index in [1.54, 1.807) is 0 Å². The van der Waals surface area contributed by atoms with Crippen molar-refractivity contribution in [2.24, 2.45) is 5.92 Å². The molecule has 1 aromatic carbocycles. The Morgan fingerprint density at radius 3 is 2.62 bits per heavy atom. The van der Waals surface area contributed by atoms with Crippen LogP contribution in [0.15, 0.2) is 29.2 Å². The predicted octanol–water partition coefficient (Wildman–Crippen LogP) is 3.27. The van der Waals surface area contributed by atoms with Crippen molar-refractivity contribution in [3.63, 3.8) is 0 Å². The van der Waals surface area contributed by atoms with Gasteiger partial charge in [-0.05, 0) is 43.0 Å². The van der Waals surface area contributed by atoms with Crippen molar-refractivity contribution in [1.82, 2.24) is 4.90 Å². The van der Waals surface area contributed by atoms with Crippen LogP contribution in [0.5, 0.6) is 0 Å². The number of carbonyl (C=O) groups excluding carboxylic acids is 1. The summed E-state index contributed by atoms with van der Waals surface area (Å²) in [5, 5.41) is 2.78. The van der Waals surface area contributed by atoms with Crippen LogP contribution in [0.2, 0.25) is 0 Å². The van der Waals surface area contributed by atoms with Crippen molar-refractivity contribution in [3.05, 3.63) is 24.3 Å². The Morgan fingerprint density at radius 2 is 2.05 bits per heavy atom. The third-order valence-corrected chi connectivity index (χ3v) is 5.14. The van der Waals surface area contributed by atoms with Gasteiger partial charge in [-0.3, -0.25) is 0 Å². The molecule has 21 heavy (non-hydrogen) atoms. The summed E-state index contributed by atoms with van der Waals surface area (Å²) in [6, 6.07) is 5.68. The van der Waals surface area contributed by atoms with Gasteiger partial charge in [0, 0.05) is 29.5 Å². The molecule has 1 N–H and O–H groups in total. The van der Waals surface area contributed by atoms with E-state index in [2.05, 4.69) is 12.2 Å². The second kappa shape index (κ2) is 6.66. The van der Waals surface area contributed by atoms with Crippen LogP contribution in [-0.4, -0.2) is 32.4 Å². The number of hydrogen-bond donors (Lipinski definition) is 1. The smallest absolute Gasteiger partial charge is 0.321 e. The monoisotopic (exact) mass is 330 g/mol. The number of anilines is 1. The van der Waals surface area contributed by atoms with Crippen LogP contribution >= 0.6 is 10.7 Å². The summed E-state index contributed by atoms with van der Waals surface area (Å²) in [5.74, 6) is 0.563. The van der Waals surface area contributed by atoms with E-state index in [1.807, 2.05) is 4.90 Å². The summed E-state index contributed by atoms with van der Waals surface area (Å²) < 4.78 is 22.3. The summed E-state index contributed by atoms with van der Waals surface area (Å²) in [6.07, 6.45) is 3.27. The zero-order valence-electron chi connectivity index (χ0n) is 11.9. The molecule has 1 aromatic rings. The van der Waals surface area contributed by atoms with Gasteiger partial charge in [-0.25, -0.2) is 13.2 Å². The van der Waals surface area contributed by atoms with Crippen LogP contribution in [0.1, 0.15) is 26.2 Å². The van der Waals surface area contributed by atoms with Gasteiger partial charge in [0.05, 0.1) is 4.90 Å². The maximum Gasteiger partial charge on any atom is 0.321 e. The van der Waals surface area contributed by atoms with Gasteiger partial charge in [-0.1, -0.05) is 13.3 Å². The van der Waals surface area contributed by atoms with Crippen molar-refractivity contribution < 1.29 is 13.2 Å². The lowest BCUT2D eigenvalue weighted by Gasteiger charge is -2.32. The Balaban J connectivity index is 1.99. The summed E-state index contributed by atoms with van der Waals surface area (Å²) in [7, 11) is 1.52. The van der Waals surface area contributed by atoms with Crippen LogP contribution in [-0.2, 0) is 9.05 Å². The first-order chi connectivity index (χ1) is 9.90. The number of urea groups is 1. The lowest BCUT2D eigenvalue weighted by molar-refractivity contribution is 0.176. The van der Waals surface area contributed by atoms with E-state index < -0.39 is 9.05 Å². The third-order valence-electron chi connectivity index (χ3n) is 3.77. The van der Waals surface area contributed by atoms with Gasteiger partial charge in [0.2, 0.25) is 0 Å². The maximum atomic E-state index is 12.2. The first kappa shape index (κ1) is 16.1. The second-order valence-electron chi connectivity index (χ2n) is 5.25. The van der Waals surface area contributed by atoms with Gasteiger partial charge in [-0.2, -0.15) is 0 Å². The molecule has 0 aliphatic carbocycles. The van der Waals surface area contributed by atoms with E-state index in [-0.39, 0.29) is 10.9 Å². The SMILES string of the molecule is CC[C@H]1CCCN(C(=O)Nc2ccc(S(=O)(=O)Cl)cc2)C1. The van der Waals surface area contributed by atoms with Gasteiger partial charge in [0.15, 0.2) is 0 Å². The van der Waals surface area contributed by atoms with E-state index in [9.17, 15) is 13.2 Å². The summed E-state index contributed by atoms with van der Waals surface area (Å²) in [4.78, 5) is 14.0. The molecular formula is C14H19ClN2O3S. The minimum absolute atomic E-state index is 0.0196. The zero-order chi connectivity index (χ0) is 15.5. The summed E-state index contributed by atoms with van der Waals surface area (Å²) >= 11 is 0. The first-order valence-corrected chi connectivity index (χ1v) is 9.31. The highest BCUT2D eigenvalue weighted by Gasteiger charge is 2.22. The van der Waals surface area contributed by atoms with E-state index in [0.29, 0.717) is 11.6 Å². The Labute approximate surface area is 129 Å². The molecule has 1 fully saturated rings. The van der Waals surface area contributed by atoms with Crippen LogP contribution in [0, 0.1) is 5.92 Å². The molecule has 1 aliphatic heterocycles. The normalized spacial score (nSPS) is 19.3. The molecule has 0 unspecified atom stereocenters. The number of piperidine rings is 1. The number of benzene rings is 1. The molecule has 1 atom stereocenters. The molecule has 2 amide bonds. The fraction of sp³-hybridized carbons (Fsp3) is 0.500. The zero-order valence-corrected chi connectivity index (χ0v) is 13.5. The average Bonchev–Trinajstić information content (AvgIpc) is 2.47. The van der Waals surface area contributed by atoms with Crippen molar-refractivity contribution in [2.45, 2.75) is 31.1 Å². The maximum absolute atomic E-state index is 12.2. The lowest BCUT2D eigenvalue weighted by atomic mass is 9.96. The van der Waals surface area contributed by atoms with E-state index in [4.69, 9.17) is 10.7 Å². The average molecular weight is 331 g/mol. The Kier molecular flexibility index (Phi) is 5.11. The molecule has 0 aromatic heterocycles. The number of nitrogens with zero attached hydrogens (tertiary/aromatic N) is 1. The number of hydrogen-bond acceptors (Lipinski definition) is 3. The minimum Gasteiger partial charge on any atom is -0.324 e. The van der Waals surface area contributed by atoms with Gasteiger partial charge in [-0.15, -0.1) is 0 Å². The topological polar surface area (TPSA) is 66.5 Å². The number of amides is 2. The van der Waals surface area contributed by atoms with Crippen molar-refractivity contribution in [3.8, 4) is 0 Å². The fourth-order valence-electron chi connectivity index (χ4n) is 2.49. The molecule has 1 saturated heterocycles. The molecule has 1 heterocycles. The molecular weight excluding hydrogens is 312 g/mol. The fourth-order valence-corrected chi connectivity index (χ4v) is 3.26. The van der Waals surface area contributed by atoms with Gasteiger partial charge >= 0.3 is 6.03 Å². The number of halogens is 1. The lowest BCUT2D eigenvalue weighted by Crippen LogP contribution is -2.42. The van der Waals surface area contributed by atoms with Gasteiger partial charge in [0.25, 0.3) is 9.05 Å². The number of likely N-dealkylation sites (tertiary alicyclic amines) is 1. The predicted molar refractivity (Wildman–Crippen MR) is 83.1 cm³/mol. The van der Waals surface area contributed by atoms with E-state index >= 15 is 0 Å². The Hall–Kier alpha value is -1.27. The molecule has 0 radical (unpaired) electrons. The molecule has 7 heteroatoms. The highest BCUT2D eigenvalue weighted by atomic mass is 35.7. The van der Waals surface area contributed by atoms with Gasteiger partial charge in [0.1, 0.15) is 0 Å². The minimum atomic E-state index is -3.73. The van der Waals surface area contributed by atoms with Crippen LogP contribution in [0.25, 0.3) is 0 Å². The number of carbonyl (C=O) groups is 1. The number of nitrogens with one attached hydrogen (secondary N) is 1. The highest BCUT2D eigenvalue weighted by Crippen LogP contribution is 2.21. The largest absolute Gasteiger partial charge is 0.324 e. The quantitative estimate of drug-likeness (QED) is 0.865. The van der Waals surface area contributed by atoms with Crippen molar-refractivity contribution in [1.29, 1.82) is 0 Å². The standard InChI is InChI=1S/C14H19ClN2O3S/c1-2-11-4-3-9-17(10-11)14(18)16-12-5-7-13(8-6-12)21(15,19)20/h5-8,11H,2-4,9-10H2,1H3,(H,16,18)/t11-/m0/s1. The Morgan fingerprint density at radius 1 is 1.38 bits per heavy atom. The van der Waals surface area contributed by atoms with Crippen LogP contribution in [0.4, 0.5) is 10.5 Å². The molecule has 0 bridgehead atoms. The molecule has 0 spiro atoms. The second-order valence-corrected chi connectivity index (χ2v) is 7.82. The number of rotatable bonds is 3. The Bertz CT molecular complexity index is 601. The van der Waals surface area contributed by atoms with E-state index in [0.717, 1.165) is 25.9 Å². The van der Waals surface area contributed by atoms with Crippen LogP contribution < -0.4 is 5.32 Å². The molecule has 116 valence electrons.